The number of carbonyl (C=O) groups excluding carboxylic acids is 1. The molecule has 0 aromatic heterocycles. The van der Waals surface area contributed by atoms with Gasteiger partial charge in [-0.25, -0.2) is 0 Å². The maximum atomic E-state index is 12.5. The summed E-state index contributed by atoms with van der Waals surface area (Å²) in [6.45, 7) is 4.46. The number of hydrogen-bond acceptors (Lipinski definition) is 3. The summed E-state index contributed by atoms with van der Waals surface area (Å²) in [5.74, 6) is 1.32. The van der Waals surface area contributed by atoms with Crippen LogP contribution in [-0.2, 0) is 0 Å². The zero-order valence-electron chi connectivity index (χ0n) is 12.5. The van der Waals surface area contributed by atoms with E-state index >= 15 is 0 Å². The zero-order valence-corrected chi connectivity index (χ0v) is 12.5. The minimum absolute atomic E-state index is 0.0153. The molecule has 0 bridgehead atoms. The fraction of sp³-hybridized carbons (Fsp3) is 0.562. The summed E-state index contributed by atoms with van der Waals surface area (Å²) < 4.78 is 5.64. The van der Waals surface area contributed by atoms with Crippen molar-refractivity contribution in [3.63, 3.8) is 0 Å². The third kappa shape index (κ3) is 3.51. The molecule has 1 aliphatic carbocycles. The molecule has 4 nitrogen and oxygen atoms in total. The molecule has 0 aliphatic heterocycles. The second-order valence-electron chi connectivity index (χ2n) is 5.75. The molecule has 1 saturated carbocycles. The van der Waals surface area contributed by atoms with Crippen LogP contribution in [-0.4, -0.2) is 36.5 Å². The molecule has 4 heteroatoms. The van der Waals surface area contributed by atoms with Crippen molar-refractivity contribution in [2.75, 3.05) is 13.6 Å². The van der Waals surface area contributed by atoms with E-state index in [-0.39, 0.29) is 18.1 Å². The molecule has 1 atom stereocenters. The Morgan fingerprint density at radius 1 is 1.45 bits per heavy atom. The van der Waals surface area contributed by atoms with Crippen LogP contribution >= 0.6 is 0 Å². The highest BCUT2D eigenvalue weighted by Gasteiger charge is 2.35. The Labute approximate surface area is 120 Å². The van der Waals surface area contributed by atoms with Gasteiger partial charge in [-0.05, 0) is 50.8 Å². The number of carbonyl (C=O) groups is 1. The first-order valence-electron chi connectivity index (χ1n) is 7.27. The molecule has 1 fully saturated rings. The van der Waals surface area contributed by atoms with E-state index in [1.807, 2.05) is 39.1 Å². The Bertz CT molecular complexity index is 469. The number of hydrogen-bond donors (Lipinski definition) is 1. The van der Waals surface area contributed by atoms with Gasteiger partial charge in [0.2, 0.25) is 0 Å². The highest BCUT2D eigenvalue weighted by atomic mass is 16.5. The lowest BCUT2D eigenvalue weighted by Gasteiger charge is -2.27. The van der Waals surface area contributed by atoms with E-state index in [1.54, 1.807) is 11.0 Å². The van der Waals surface area contributed by atoms with Crippen molar-refractivity contribution in [1.29, 1.82) is 0 Å². The van der Waals surface area contributed by atoms with E-state index in [9.17, 15) is 4.79 Å². The highest BCUT2D eigenvalue weighted by molar-refractivity contribution is 5.94. The smallest absolute Gasteiger partial charge is 0.254 e. The van der Waals surface area contributed by atoms with Crippen LogP contribution < -0.4 is 10.5 Å². The molecule has 2 rings (SSSR count). The van der Waals surface area contributed by atoms with E-state index < -0.39 is 0 Å². The molecule has 1 unspecified atom stereocenters. The number of benzene rings is 1. The summed E-state index contributed by atoms with van der Waals surface area (Å²) in [4.78, 5) is 14.3. The van der Waals surface area contributed by atoms with E-state index in [0.717, 1.165) is 5.75 Å². The highest BCUT2D eigenvalue weighted by Crippen LogP contribution is 2.35. The average molecular weight is 276 g/mol. The Hall–Kier alpha value is -1.55. The average Bonchev–Trinajstić information content (AvgIpc) is 3.22. The summed E-state index contributed by atoms with van der Waals surface area (Å²) in [6.07, 6.45) is 2.45. The van der Waals surface area contributed by atoms with Crippen molar-refractivity contribution in [3.8, 4) is 5.75 Å². The molecule has 0 saturated heterocycles. The zero-order chi connectivity index (χ0) is 14.7. The number of rotatable bonds is 6. The van der Waals surface area contributed by atoms with Crippen LogP contribution in [0.4, 0.5) is 0 Å². The van der Waals surface area contributed by atoms with Crippen LogP contribution in [0.1, 0.15) is 37.0 Å². The molecule has 1 aromatic rings. The lowest BCUT2D eigenvalue weighted by atomic mass is 10.1. The second-order valence-corrected chi connectivity index (χ2v) is 5.75. The summed E-state index contributed by atoms with van der Waals surface area (Å²) in [7, 11) is 1.84. The normalized spacial score (nSPS) is 16.1. The van der Waals surface area contributed by atoms with Crippen LogP contribution in [0.15, 0.2) is 24.3 Å². The fourth-order valence-electron chi connectivity index (χ4n) is 2.48. The number of amides is 1. The van der Waals surface area contributed by atoms with E-state index in [2.05, 4.69) is 0 Å². The molecule has 1 aliphatic rings. The first-order valence-corrected chi connectivity index (χ1v) is 7.27. The number of nitrogens with zero attached hydrogens (tertiary/aromatic N) is 1. The molecule has 1 amide bonds. The molecule has 0 spiro atoms. The van der Waals surface area contributed by atoms with Gasteiger partial charge < -0.3 is 15.4 Å². The Morgan fingerprint density at radius 3 is 2.70 bits per heavy atom. The van der Waals surface area contributed by atoms with Crippen molar-refractivity contribution in [2.45, 2.75) is 38.8 Å². The van der Waals surface area contributed by atoms with Crippen LogP contribution in [0.3, 0.4) is 0 Å². The van der Waals surface area contributed by atoms with E-state index in [4.69, 9.17) is 10.5 Å². The van der Waals surface area contributed by atoms with Crippen molar-refractivity contribution in [2.24, 2.45) is 11.7 Å². The van der Waals surface area contributed by atoms with Gasteiger partial charge in [0.1, 0.15) is 5.75 Å². The Morgan fingerprint density at radius 2 is 2.15 bits per heavy atom. The molecular formula is C16H24N2O2. The molecule has 1 aromatic carbocycles. The molecular weight excluding hydrogens is 252 g/mol. The molecule has 110 valence electrons. The molecule has 20 heavy (non-hydrogen) atoms. The van der Waals surface area contributed by atoms with E-state index in [1.165, 1.54) is 12.8 Å². The second kappa shape index (κ2) is 6.27. The summed E-state index contributed by atoms with van der Waals surface area (Å²) in [6, 6.07) is 7.51. The predicted molar refractivity (Wildman–Crippen MR) is 79.9 cm³/mol. The van der Waals surface area contributed by atoms with Gasteiger partial charge in [0.05, 0.1) is 6.10 Å². The molecule has 2 N–H and O–H groups in total. The maximum absolute atomic E-state index is 12.5. The third-order valence-electron chi connectivity index (χ3n) is 3.68. The van der Waals surface area contributed by atoms with E-state index in [0.29, 0.717) is 18.0 Å². The summed E-state index contributed by atoms with van der Waals surface area (Å²) >= 11 is 0. The van der Waals surface area contributed by atoms with Gasteiger partial charge >= 0.3 is 0 Å². The van der Waals surface area contributed by atoms with Gasteiger partial charge in [0.25, 0.3) is 5.91 Å². The van der Waals surface area contributed by atoms with Crippen LogP contribution in [0.5, 0.6) is 5.75 Å². The number of nitrogens with two attached hydrogens (primary N) is 1. The van der Waals surface area contributed by atoms with Gasteiger partial charge in [-0.3, -0.25) is 4.79 Å². The van der Waals surface area contributed by atoms with Gasteiger partial charge in [-0.15, -0.1) is 0 Å². The SMILES string of the molecule is CC(C)Oc1cccc(C(=O)N(C)C(CN)C2CC2)c1. The first-order chi connectivity index (χ1) is 9.52. The Balaban J connectivity index is 2.11. The van der Waals surface area contributed by atoms with Gasteiger partial charge in [0.15, 0.2) is 0 Å². The Kier molecular flexibility index (Phi) is 4.65. The van der Waals surface area contributed by atoms with Crippen molar-refractivity contribution in [1.82, 2.24) is 4.90 Å². The van der Waals surface area contributed by atoms with Gasteiger partial charge in [-0.2, -0.15) is 0 Å². The van der Waals surface area contributed by atoms with Crippen LogP contribution in [0.25, 0.3) is 0 Å². The summed E-state index contributed by atoms with van der Waals surface area (Å²) in [5.41, 5.74) is 6.46. The first kappa shape index (κ1) is 14.9. The quantitative estimate of drug-likeness (QED) is 0.867. The molecule has 0 radical (unpaired) electrons. The lowest BCUT2D eigenvalue weighted by Crippen LogP contribution is -2.43. The fourth-order valence-corrected chi connectivity index (χ4v) is 2.48. The largest absolute Gasteiger partial charge is 0.491 e. The third-order valence-corrected chi connectivity index (χ3v) is 3.68. The van der Waals surface area contributed by atoms with Crippen LogP contribution in [0.2, 0.25) is 0 Å². The lowest BCUT2D eigenvalue weighted by molar-refractivity contribution is 0.0718. The minimum Gasteiger partial charge on any atom is -0.491 e. The van der Waals surface area contributed by atoms with Gasteiger partial charge in [-0.1, -0.05) is 6.07 Å². The van der Waals surface area contributed by atoms with Gasteiger partial charge in [0, 0.05) is 25.2 Å². The minimum atomic E-state index is 0.0153. The summed E-state index contributed by atoms with van der Waals surface area (Å²) in [5, 5.41) is 0. The number of ether oxygens (including phenoxy) is 1. The predicted octanol–water partition coefficient (Wildman–Crippen LogP) is 2.28. The standard InChI is InChI=1S/C16H24N2O2/c1-11(2)20-14-6-4-5-13(9-14)16(19)18(3)15(10-17)12-7-8-12/h4-6,9,11-12,15H,7-8,10,17H2,1-3H3. The van der Waals surface area contributed by atoms with Crippen molar-refractivity contribution in [3.05, 3.63) is 29.8 Å². The topological polar surface area (TPSA) is 55.6 Å². The van der Waals surface area contributed by atoms with Crippen LogP contribution in [0, 0.1) is 5.92 Å². The molecule has 0 heterocycles. The monoisotopic (exact) mass is 276 g/mol. The van der Waals surface area contributed by atoms with Crippen molar-refractivity contribution >= 4 is 5.91 Å². The van der Waals surface area contributed by atoms with Crippen molar-refractivity contribution < 1.29 is 9.53 Å². The maximum Gasteiger partial charge on any atom is 0.254 e. The number of likely N-dealkylation sites (N-methyl/N-ethyl adjacent to an activating group) is 1.